The van der Waals surface area contributed by atoms with E-state index in [2.05, 4.69) is 20.9 Å². The van der Waals surface area contributed by atoms with Crippen LogP contribution in [-0.2, 0) is 9.53 Å². The summed E-state index contributed by atoms with van der Waals surface area (Å²) in [6, 6.07) is 13.6. The molecule has 1 heterocycles. The van der Waals surface area contributed by atoms with Crippen LogP contribution in [0.15, 0.2) is 57.6 Å². The van der Waals surface area contributed by atoms with Crippen molar-refractivity contribution in [3.8, 4) is 0 Å². The van der Waals surface area contributed by atoms with E-state index in [0.29, 0.717) is 11.6 Å². The number of nitrogens with zero attached hydrogens (tertiary/aromatic N) is 1. The standard InChI is InChI=1S/C18H14BrNO2/c1-11-7-8-12(2)13(9-11)10-16-18(21)22-17(20-16)14-5-3-4-6-15(14)19/h3-10H,1-2H3. The Hall–Kier alpha value is -2.20. The predicted molar refractivity (Wildman–Crippen MR) is 90.7 cm³/mol. The third-order valence-electron chi connectivity index (χ3n) is 3.45. The molecule has 0 amide bonds. The molecule has 2 aromatic rings. The summed E-state index contributed by atoms with van der Waals surface area (Å²) in [7, 11) is 0. The highest BCUT2D eigenvalue weighted by atomic mass is 79.9. The fourth-order valence-electron chi connectivity index (χ4n) is 2.22. The van der Waals surface area contributed by atoms with Crippen molar-refractivity contribution in [2.75, 3.05) is 0 Å². The number of hydrogen-bond donors (Lipinski definition) is 0. The van der Waals surface area contributed by atoms with Crippen molar-refractivity contribution in [2.24, 2.45) is 4.99 Å². The Morgan fingerprint density at radius 1 is 1.14 bits per heavy atom. The lowest BCUT2D eigenvalue weighted by atomic mass is 10.0. The van der Waals surface area contributed by atoms with E-state index in [0.717, 1.165) is 26.7 Å². The largest absolute Gasteiger partial charge is 0.402 e. The molecule has 0 aromatic heterocycles. The lowest BCUT2D eigenvalue weighted by molar-refractivity contribution is -0.129. The average molecular weight is 356 g/mol. The highest BCUT2D eigenvalue weighted by Crippen LogP contribution is 2.24. The zero-order valence-corrected chi connectivity index (χ0v) is 13.8. The first-order valence-corrected chi connectivity index (χ1v) is 7.68. The van der Waals surface area contributed by atoms with Crippen LogP contribution in [0.5, 0.6) is 0 Å². The Kier molecular flexibility index (Phi) is 3.94. The second-order valence-electron chi connectivity index (χ2n) is 5.18. The van der Waals surface area contributed by atoms with E-state index in [1.54, 1.807) is 6.08 Å². The second-order valence-corrected chi connectivity index (χ2v) is 6.03. The molecule has 1 aliphatic heterocycles. The fourth-order valence-corrected chi connectivity index (χ4v) is 2.68. The molecule has 0 saturated heterocycles. The molecule has 2 aromatic carbocycles. The molecule has 3 rings (SSSR count). The first-order valence-electron chi connectivity index (χ1n) is 6.89. The highest BCUT2D eigenvalue weighted by molar-refractivity contribution is 9.10. The Bertz CT molecular complexity index is 822. The Balaban J connectivity index is 2.02. The van der Waals surface area contributed by atoms with Gasteiger partial charge in [0, 0.05) is 4.47 Å². The number of ether oxygens (including phenoxy) is 1. The van der Waals surface area contributed by atoms with Crippen LogP contribution < -0.4 is 0 Å². The third-order valence-corrected chi connectivity index (χ3v) is 4.14. The van der Waals surface area contributed by atoms with E-state index < -0.39 is 5.97 Å². The monoisotopic (exact) mass is 355 g/mol. The highest BCUT2D eigenvalue weighted by Gasteiger charge is 2.25. The van der Waals surface area contributed by atoms with E-state index in [1.807, 2.05) is 56.3 Å². The zero-order valence-electron chi connectivity index (χ0n) is 12.3. The maximum atomic E-state index is 12.0. The van der Waals surface area contributed by atoms with Crippen LogP contribution >= 0.6 is 15.9 Å². The summed E-state index contributed by atoms with van der Waals surface area (Å²) in [5.41, 5.74) is 4.29. The molecule has 0 atom stereocenters. The number of carbonyl (C=O) groups is 1. The quantitative estimate of drug-likeness (QED) is 0.591. The van der Waals surface area contributed by atoms with Gasteiger partial charge in [-0.3, -0.25) is 0 Å². The maximum Gasteiger partial charge on any atom is 0.363 e. The zero-order chi connectivity index (χ0) is 15.7. The SMILES string of the molecule is Cc1ccc(C)c(C=C2N=C(c3ccccc3Br)OC2=O)c1. The van der Waals surface area contributed by atoms with Crippen molar-refractivity contribution in [2.45, 2.75) is 13.8 Å². The summed E-state index contributed by atoms with van der Waals surface area (Å²) >= 11 is 3.44. The second kappa shape index (κ2) is 5.89. The van der Waals surface area contributed by atoms with Gasteiger partial charge in [-0.2, -0.15) is 0 Å². The van der Waals surface area contributed by atoms with Gasteiger partial charge in [0.05, 0.1) is 5.56 Å². The van der Waals surface area contributed by atoms with Gasteiger partial charge in [0.15, 0.2) is 5.70 Å². The molecule has 110 valence electrons. The van der Waals surface area contributed by atoms with E-state index in [4.69, 9.17) is 4.74 Å². The van der Waals surface area contributed by atoms with Gasteiger partial charge in [-0.25, -0.2) is 9.79 Å². The van der Waals surface area contributed by atoms with E-state index in [9.17, 15) is 4.79 Å². The molecule has 0 unspecified atom stereocenters. The average Bonchev–Trinajstić information content (AvgIpc) is 2.84. The molecule has 1 aliphatic rings. The molecule has 0 N–H and O–H groups in total. The van der Waals surface area contributed by atoms with E-state index >= 15 is 0 Å². The number of cyclic esters (lactones) is 1. The fraction of sp³-hybridized carbons (Fsp3) is 0.111. The first-order chi connectivity index (χ1) is 10.5. The van der Waals surface area contributed by atoms with E-state index in [-0.39, 0.29) is 0 Å². The van der Waals surface area contributed by atoms with Crippen molar-refractivity contribution in [3.63, 3.8) is 0 Å². The van der Waals surface area contributed by atoms with Gasteiger partial charge in [-0.15, -0.1) is 0 Å². The topological polar surface area (TPSA) is 38.7 Å². The van der Waals surface area contributed by atoms with Crippen molar-refractivity contribution in [1.82, 2.24) is 0 Å². The van der Waals surface area contributed by atoms with Crippen LogP contribution in [-0.4, -0.2) is 11.9 Å². The number of benzene rings is 2. The Labute approximate surface area is 137 Å². The number of halogens is 1. The van der Waals surface area contributed by atoms with Gasteiger partial charge in [-0.05, 0) is 59.1 Å². The Morgan fingerprint density at radius 3 is 2.68 bits per heavy atom. The molecule has 0 aliphatic carbocycles. The number of aliphatic imine (C=N–C) groups is 1. The summed E-state index contributed by atoms with van der Waals surface area (Å²) in [6.07, 6.45) is 1.77. The van der Waals surface area contributed by atoms with Crippen molar-refractivity contribution in [1.29, 1.82) is 0 Å². The summed E-state index contributed by atoms with van der Waals surface area (Å²) in [6.45, 7) is 4.02. The van der Waals surface area contributed by atoms with Gasteiger partial charge in [0.25, 0.3) is 0 Å². The van der Waals surface area contributed by atoms with Crippen LogP contribution in [0, 0.1) is 13.8 Å². The molecule has 0 saturated carbocycles. The van der Waals surface area contributed by atoms with E-state index in [1.165, 1.54) is 0 Å². The number of esters is 1. The lowest BCUT2D eigenvalue weighted by Gasteiger charge is -2.01. The number of aryl methyl sites for hydroxylation is 2. The first kappa shape index (κ1) is 14.7. The van der Waals surface area contributed by atoms with Crippen molar-refractivity contribution < 1.29 is 9.53 Å². The van der Waals surface area contributed by atoms with Gasteiger partial charge in [0.2, 0.25) is 5.90 Å². The molecule has 22 heavy (non-hydrogen) atoms. The molecular weight excluding hydrogens is 342 g/mol. The van der Waals surface area contributed by atoms with Crippen LogP contribution in [0.1, 0.15) is 22.3 Å². The molecule has 0 radical (unpaired) electrons. The molecule has 4 heteroatoms. The normalized spacial score (nSPS) is 15.9. The van der Waals surface area contributed by atoms with Gasteiger partial charge in [0.1, 0.15) is 0 Å². The van der Waals surface area contributed by atoms with Gasteiger partial charge in [-0.1, -0.05) is 35.9 Å². The molecule has 3 nitrogen and oxygen atoms in total. The number of hydrogen-bond acceptors (Lipinski definition) is 3. The third kappa shape index (κ3) is 2.88. The molecule has 0 fully saturated rings. The smallest absolute Gasteiger partial charge is 0.363 e. The molecule has 0 spiro atoms. The van der Waals surface area contributed by atoms with Gasteiger partial charge >= 0.3 is 5.97 Å². The van der Waals surface area contributed by atoms with Crippen molar-refractivity contribution >= 4 is 33.9 Å². The van der Waals surface area contributed by atoms with Crippen LogP contribution in [0.3, 0.4) is 0 Å². The number of rotatable bonds is 2. The predicted octanol–water partition coefficient (Wildman–Crippen LogP) is 4.41. The minimum atomic E-state index is -0.424. The molecular formula is C18H14BrNO2. The minimum absolute atomic E-state index is 0.319. The summed E-state index contributed by atoms with van der Waals surface area (Å²) in [4.78, 5) is 16.4. The van der Waals surface area contributed by atoms with Crippen LogP contribution in [0.25, 0.3) is 6.08 Å². The minimum Gasteiger partial charge on any atom is -0.402 e. The Morgan fingerprint density at radius 2 is 1.91 bits per heavy atom. The summed E-state index contributed by atoms with van der Waals surface area (Å²) in [5.74, 6) is -0.0966. The molecule has 0 bridgehead atoms. The number of carbonyl (C=O) groups excluding carboxylic acids is 1. The summed E-state index contributed by atoms with van der Waals surface area (Å²) in [5, 5.41) is 0. The van der Waals surface area contributed by atoms with Crippen LogP contribution in [0.2, 0.25) is 0 Å². The summed E-state index contributed by atoms with van der Waals surface area (Å²) < 4.78 is 6.14. The lowest BCUT2D eigenvalue weighted by Crippen LogP contribution is -2.05. The maximum absolute atomic E-state index is 12.0. The van der Waals surface area contributed by atoms with Crippen molar-refractivity contribution in [3.05, 3.63) is 74.9 Å². The van der Waals surface area contributed by atoms with Gasteiger partial charge < -0.3 is 4.74 Å². The van der Waals surface area contributed by atoms with Crippen LogP contribution in [0.4, 0.5) is 0 Å².